The Labute approximate surface area is 123 Å². The zero-order chi connectivity index (χ0) is 16.0. The number of aliphatic carboxylic acids is 1. The molecule has 1 atom stereocenters. The highest BCUT2D eigenvalue weighted by Gasteiger charge is 2.20. The molecule has 6 nitrogen and oxygen atoms in total. The molecule has 1 rings (SSSR count). The van der Waals surface area contributed by atoms with E-state index in [0.29, 0.717) is 0 Å². The van der Waals surface area contributed by atoms with E-state index >= 15 is 0 Å². The molecule has 21 heavy (non-hydrogen) atoms. The number of carbonyl (C=O) groups is 3. The topological polar surface area (TPSA) is 109 Å². The van der Waals surface area contributed by atoms with Crippen LogP contribution in [0.3, 0.4) is 0 Å². The molecule has 0 bridgehead atoms. The number of benzene rings is 1. The SMILES string of the molecule is Cc1ccc(C)c(CC(=O)N[C@H](CCC(N)=O)C(=O)O)c1. The van der Waals surface area contributed by atoms with Gasteiger partial charge in [0.1, 0.15) is 6.04 Å². The van der Waals surface area contributed by atoms with Gasteiger partial charge in [-0.2, -0.15) is 0 Å². The summed E-state index contributed by atoms with van der Waals surface area (Å²) in [4.78, 5) is 33.7. The second-order valence-corrected chi connectivity index (χ2v) is 5.07. The predicted octanol–water partition coefficient (Wildman–Crippen LogP) is 0.681. The highest BCUT2D eigenvalue weighted by molar-refractivity contribution is 5.85. The normalized spacial score (nSPS) is 11.7. The summed E-state index contributed by atoms with van der Waals surface area (Å²) >= 11 is 0. The maximum atomic E-state index is 11.9. The van der Waals surface area contributed by atoms with Crippen molar-refractivity contribution in [2.45, 2.75) is 39.2 Å². The minimum Gasteiger partial charge on any atom is -0.480 e. The lowest BCUT2D eigenvalue weighted by Gasteiger charge is -2.14. The summed E-state index contributed by atoms with van der Waals surface area (Å²) in [5, 5.41) is 11.5. The Kier molecular flexibility index (Phi) is 5.90. The molecule has 1 aromatic rings. The Morgan fingerprint density at radius 1 is 1.29 bits per heavy atom. The lowest BCUT2D eigenvalue weighted by Crippen LogP contribution is -2.42. The molecule has 6 heteroatoms. The van der Waals surface area contributed by atoms with Gasteiger partial charge in [-0.3, -0.25) is 9.59 Å². The van der Waals surface area contributed by atoms with Crippen LogP contribution in [0.2, 0.25) is 0 Å². The summed E-state index contributed by atoms with van der Waals surface area (Å²) in [5.74, 6) is -2.16. The number of carboxylic acid groups (broad SMARTS) is 1. The number of nitrogens with two attached hydrogens (primary N) is 1. The highest BCUT2D eigenvalue weighted by atomic mass is 16.4. The molecule has 0 aliphatic carbocycles. The molecule has 2 amide bonds. The molecule has 0 heterocycles. The van der Waals surface area contributed by atoms with Crippen molar-refractivity contribution in [3.8, 4) is 0 Å². The van der Waals surface area contributed by atoms with Crippen molar-refractivity contribution in [3.63, 3.8) is 0 Å². The third-order valence-corrected chi connectivity index (χ3v) is 3.17. The molecule has 0 saturated carbocycles. The summed E-state index contributed by atoms with van der Waals surface area (Å²) in [6.45, 7) is 3.82. The molecule has 0 aliphatic heterocycles. The zero-order valence-electron chi connectivity index (χ0n) is 12.2. The van der Waals surface area contributed by atoms with Crippen molar-refractivity contribution < 1.29 is 19.5 Å². The maximum absolute atomic E-state index is 11.9. The van der Waals surface area contributed by atoms with E-state index < -0.39 is 17.9 Å². The van der Waals surface area contributed by atoms with Gasteiger partial charge in [-0.25, -0.2) is 4.79 Å². The Hall–Kier alpha value is -2.37. The maximum Gasteiger partial charge on any atom is 0.326 e. The minimum absolute atomic E-state index is 0.0107. The fourth-order valence-corrected chi connectivity index (χ4v) is 1.95. The molecule has 0 spiro atoms. The van der Waals surface area contributed by atoms with Crippen molar-refractivity contribution in [2.24, 2.45) is 5.73 Å². The van der Waals surface area contributed by atoms with Crippen molar-refractivity contribution in [3.05, 3.63) is 34.9 Å². The smallest absolute Gasteiger partial charge is 0.326 e. The van der Waals surface area contributed by atoms with Crippen LogP contribution in [-0.2, 0) is 20.8 Å². The summed E-state index contributed by atoms with van der Waals surface area (Å²) in [6, 6.07) is 4.66. The third kappa shape index (κ3) is 5.64. The number of nitrogens with one attached hydrogen (secondary N) is 1. The first-order valence-electron chi connectivity index (χ1n) is 6.66. The zero-order valence-corrected chi connectivity index (χ0v) is 12.2. The number of carbonyl (C=O) groups excluding carboxylic acids is 2. The lowest BCUT2D eigenvalue weighted by atomic mass is 10.0. The standard InChI is InChI=1S/C15H20N2O4/c1-9-3-4-10(2)11(7-9)8-14(19)17-12(15(20)21)5-6-13(16)18/h3-4,7,12H,5-6,8H2,1-2H3,(H2,16,18)(H,17,19)(H,20,21)/t12-/m1/s1. The molecule has 1 aromatic carbocycles. The van der Waals surface area contributed by atoms with Crippen LogP contribution in [-0.4, -0.2) is 28.9 Å². The molecule has 0 fully saturated rings. The number of amides is 2. The monoisotopic (exact) mass is 292 g/mol. The number of hydrogen-bond donors (Lipinski definition) is 3. The Morgan fingerprint density at radius 2 is 1.95 bits per heavy atom. The molecule has 0 saturated heterocycles. The third-order valence-electron chi connectivity index (χ3n) is 3.17. The average molecular weight is 292 g/mol. The van der Waals surface area contributed by atoms with Crippen molar-refractivity contribution in [1.29, 1.82) is 0 Å². The van der Waals surface area contributed by atoms with E-state index in [0.717, 1.165) is 16.7 Å². The fourth-order valence-electron chi connectivity index (χ4n) is 1.95. The van der Waals surface area contributed by atoms with E-state index in [2.05, 4.69) is 5.32 Å². The summed E-state index contributed by atoms with van der Waals surface area (Å²) in [6.07, 6.45) is 0.0117. The van der Waals surface area contributed by atoms with Crippen LogP contribution in [0.15, 0.2) is 18.2 Å². The Balaban J connectivity index is 2.67. The largest absolute Gasteiger partial charge is 0.480 e. The predicted molar refractivity (Wildman–Crippen MR) is 77.6 cm³/mol. The first kappa shape index (κ1) is 16.7. The highest BCUT2D eigenvalue weighted by Crippen LogP contribution is 2.11. The average Bonchev–Trinajstić information content (AvgIpc) is 2.38. The van der Waals surface area contributed by atoms with E-state index in [1.54, 1.807) is 0 Å². The number of aryl methyl sites for hydroxylation is 2. The number of hydrogen-bond acceptors (Lipinski definition) is 3. The van der Waals surface area contributed by atoms with E-state index in [1.807, 2.05) is 32.0 Å². The summed E-state index contributed by atoms with van der Waals surface area (Å²) < 4.78 is 0. The van der Waals surface area contributed by atoms with Gasteiger partial charge in [0.15, 0.2) is 0 Å². The van der Waals surface area contributed by atoms with Gasteiger partial charge < -0.3 is 16.2 Å². The molecular weight excluding hydrogens is 272 g/mol. The van der Waals surface area contributed by atoms with Crippen LogP contribution < -0.4 is 11.1 Å². The van der Waals surface area contributed by atoms with Gasteiger partial charge >= 0.3 is 5.97 Å². The summed E-state index contributed by atoms with van der Waals surface area (Å²) in [7, 11) is 0. The minimum atomic E-state index is -1.18. The molecule has 0 unspecified atom stereocenters. The fraction of sp³-hybridized carbons (Fsp3) is 0.400. The van der Waals surface area contributed by atoms with Gasteiger partial charge in [0.25, 0.3) is 0 Å². The molecular formula is C15H20N2O4. The lowest BCUT2D eigenvalue weighted by molar-refractivity contribution is -0.142. The van der Waals surface area contributed by atoms with Gasteiger partial charge in [-0.1, -0.05) is 23.8 Å². The van der Waals surface area contributed by atoms with E-state index in [-0.39, 0.29) is 25.2 Å². The first-order valence-corrected chi connectivity index (χ1v) is 6.66. The van der Waals surface area contributed by atoms with Gasteiger partial charge in [0.05, 0.1) is 6.42 Å². The Morgan fingerprint density at radius 3 is 2.52 bits per heavy atom. The molecule has 0 radical (unpaired) electrons. The molecule has 0 aromatic heterocycles. The number of primary amides is 1. The Bertz CT molecular complexity index is 555. The second kappa shape index (κ2) is 7.42. The first-order chi connectivity index (χ1) is 9.79. The van der Waals surface area contributed by atoms with Crippen LogP contribution in [0, 0.1) is 13.8 Å². The van der Waals surface area contributed by atoms with Gasteiger partial charge in [0.2, 0.25) is 11.8 Å². The van der Waals surface area contributed by atoms with Gasteiger partial charge in [-0.05, 0) is 31.4 Å². The van der Waals surface area contributed by atoms with E-state index in [1.165, 1.54) is 0 Å². The molecule has 4 N–H and O–H groups in total. The van der Waals surface area contributed by atoms with Gasteiger partial charge in [-0.15, -0.1) is 0 Å². The van der Waals surface area contributed by atoms with Crippen LogP contribution in [0.4, 0.5) is 0 Å². The van der Waals surface area contributed by atoms with Crippen molar-refractivity contribution in [1.82, 2.24) is 5.32 Å². The van der Waals surface area contributed by atoms with Crippen molar-refractivity contribution in [2.75, 3.05) is 0 Å². The van der Waals surface area contributed by atoms with E-state index in [9.17, 15) is 14.4 Å². The molecule has 114 valence electrons. The van der Waals surface area contributed by atoms with Crippen LogP contribution >= 0.6 is 0 Å². The van der Waals surface area contributed by atoms with Crippen molar-refractivity contribution >= 4 is 17.8 Å². The quantitative estimate of drug-likeness (QED) is 0.686. The van der Waals surface area contributed by atoms with Gasteiger partial charge in [0, 0.05) is 6.42 Å². The van der Waals surface area contributed by atoms with Crippen LogP contribution in [0.25, 0.3) is 0 Å². The van der Waals surface area contributed by atoms with Crippen LogP contribution in [0.1, 0.15) is 29.5 Å². The second-order valence-electron chi connectivity index (χ2n) is 5.07. The van der Waals surface area contributed by atoms with Crippen LogP contribution in [0.5, 0.6) is 0 Å². The number of carboxylic acids is 1. The van der Waals surface area contributed by atoms with E-state index in [4.69, 9.17) is 10.8 Å². The number of rotatable bonds is 7. The molecule has 0 aliphatic rings. The summed E-state index contributed by atoms with van der Waals surface area (Å²) in [5.41, 5.74) is 7.85.